The van der Waals surface area contributed by atoms with Gasteiger partial charge in [-0.2, -0.15) is 5.10 Å². The van der Waals surface area contributed by atoms with Gasteiger partial charge in [-0.15, -0.1) is 0 Å². The maximum atomic E-state index is 12.5. The van der Waals surface area contributed by atoms with Crippen molar-refractivity contribution in [3.63, 3.8) is 0 Å². The van der Waals surface area contributed by atoms with Crippen molar-refractivity contribution in [3.8, 4) is 11.6 Å². The van der Waals surface area contributed by atoms with Gasteiger partial charge in [-0.25, -0.2) is 9.48 Å². The van der Waals surface area contributed by atoms with E-state index in [-0.39, 0.29) is 11.8 Å². The minimum absolute atomic E-state index is 0.155. The predicted octanol–water partition coefficient (Wildman–Crippen LogP) is 6.18. The predicted molar refractivity (Wildman–Crippen MR) is 104 cm³/mol. The summed E-state index contributed by atoms with van der Waals surface area (Å²) in [6, 6.07) is 13.4. The Morgan fingerprint density at radius 1 is 1.04 bits per heavy atom. The summed E-state index contributed by atoms with van der Waals surface area (Å²) in [6.45, 7) is 4.01. The Bertz CT molecular complexity index is 967. The van der Waals surface area contributed by atoms with E-state index >= 15 is 0 Å². The maximum Gasteiger partial charge on any atom is 0.344 e. The molecule has 3 aromatic rings. The van der Waals surface area contributed by atoms with Gasteiger partial charge in [0.15, 0.2) is 0 Å². The fourth-order valence-electron chi connectivity index (χ4n) is 2.31. The Morgan fingerprint density at radius 2 is 1.81 bits per heavy atom. The molecule has 3 rings (SSSR count). The molecule has 0 unspecified atom stereocenters. The van der Waals surface area contributed by atoms with Crippen molar-refractivity contribution in [2.45, 2.75) is 19.8 Å². The summed E-state index contributed by atoms with van der Waals surface area (Å²) in [6.07, 6.45) is 0. The van der Waals surface area contributed by atoms with Crippen LogP contribution in [0.2, 0.25) is 15.1 Å². The Hall–Kier alpha value is -2.01. The molecule has 0 saturated carbocycles. The summed E-state index contributed by atoms with van der Waals surface area (Å²) >= 11 is 18.0. The van der Waals surface area contributed by atoms with E-state index in [1.165, 1.54) is 4.68 Å². The van der Waals surface area contributed by atoms with Crippen LogP contribution >= 0.6 is 34.8 Å². The van der Waals surface area contributed by atoms with Crippen LogP contribution < -0.4 is 4.74 Å². The van der Waals surface area contributed by atoms with Crippen LogP contribution in [-0.2, 0) is 0 Å². The summed E-state index contributed by atoms with van der Waals surface area (Å²) in [5, 5.41) is 5.81. The van der Waals surface area contributed by atoms with Crippen LogP contribution in [0, 0.1) is 0 Å². The summed E-state index contributed by atoms with van der Waals surface area (Å²) in [4.78, 5) is 12.5. The van der Waals surface area contributed by atoms with E-state index < -0.39 is 5.97 Å². The summed E-state index contributed by atoms with van der Waals surface area (Å²) in [5.41, 5.74) is 1.77. The van der Waals surface area contributed by atoms with Gasteiger partial charge in [0.05, 0.1) is 27.0 Å². The number of hydrogen-bond donors (Lipinski definition) is 0. The maximum absolute atomic E-state index is 12.5. The molecule has 0 saturated heterocycles. The molecule has 0 N–H and O–H groups in total. The number of ether oxygens (including phenoxy) is 1. The average molecular weight is 410 g/mol. The van der Waals surface area contributed by atoms with Crippen molar-refractivity contribution < 1.29 is 9.53 Å². The van der Waals surface area contributed by atoms with E-state index in [0.717, 1.165) is 5.69 Å². The topological polar surface area (TPSA) is 44.1 Å². The molecular weight excluding hydrogens is 395 g/mol. The molecule has 4 nitrogen and oxygen atoms in total. The number of nitrogens with zero attached hydrogens (tertiary/aromatic N) is 2. The molecule has 0 bridgehead atoms. The van der Waals surface area contributed by atoms with Crippen molar-refractivity contribution in [2.75, 3.05) is 0 Å². The van der Waals surface area contributed by atoms with E-state index in [1.807, 2.05) is 13.8 Å². The molecule has 2 aromatic carbocycles. The number of benzene rings is 2. The lowest BCUT2D eigenvalue weighted by Gasteiger charge is -2.09. The first-order chi connectivity index (χ1) is 12.3. The van der Waals surface area contributed by atoms with Crippen LogP contribution in [0.5, 0.6) is 5.88 Å². The highest BCUT2D eigenvalue weighted by molar-refractivity contribution is 6.42. The van der Waals surface area contributed by atoms with Crippen LogP contribution in [0.3, 0.4) is 0 Å². The van der Waals surface area contributed by atoms with Gasteiger partial charge in [0, 0.05) is 11.1 Å². The van der Waals surface area contributed by atoms with Crippen LogP contribution in [0.25, 0.3) is 5.69 Å². The minimum atomic E-state index is -0.524. The van der Waals surface area contributed by atoms with Crippen molar-refractivity contribution in [1.82, 2.24) is 9.78 Å². The second-order valence-corrected chi connectivity index (χ2v) is 7.22. The van der Waals surface area contributed by atoms with Crippen molar-refractivity contribution >= 4 is 40.8 Å². The Balaban J connectivity index is 2.00. The molecule has 0 radical (unpaired) electrons. The molecule has 0 aliphatic heterocycles. The zero-order valence-electron chi connectivity index (χ0n) is 14.0. The normalized spacial score (nSPS) is 11.0. The van der Waals surface area contributed by atoms with Gasteiger partial charge in [0.2, 0.25) is 5.88 Å². The Morgan fingerprint density at radius 3 is 2.46 bits per heavy atom. The molecular formula is C19H15Cl3N2O2. The van der Waals surface area contributed by atoms with Gasteiger partial charge in [-0.1, -0.05) is 54.7 Å². The van der Waals surface area contributed by atoms with Gasteiger partial charge in [0.1, 0.15) is 0 Å². The molecule has 1 heterocycles. The highest BCUT2D eigenvalue weighted by Crippen LogP contribution is 2.29. The molecule has 26 heavy (non-hydrogen) atoms. The lowest BCUT2D eigenvalue weighted by Crippen LogP contribution is -2.11. The molecule has 134 valence electrons. The average Bonchev–Trinajstić information content (AvgIpc) is 3.01. The van der Waals surface area contributed by atoms with Gasteiger partial charge < -0.3 is 4.74 Å². The number of aromatic nitrogens is 2. The number of carbonyl (C=O) groups excluding carboxylic acids is 1. The van der Waals surface area contributed by atoms with Crippen molar-refractivity contribution in [1.29, 1.82) is 0 Å². The van der Waals surface area contributed by atoms with Crippen LogP contribution in [-0.4, -0.2) is 15.7 Å². The first kappa shape index (κ1) is 18.8. The van der Waals surface area contributed by atoms with E-state index in [9.17, 15) is 4.79 Å². The smallest absolute Gasteiger partial charge is 0.344 e. The van der Waals surface area contributed by atoms with Crippen LogP contribution in [0.4, 0.5) is 0 Å². The lowest BCUT2D eigenvalue weighted by atomic mass is 10.1. The van der Waals surface area contributed by atoms with E-state index in [2.05, 4.69) is 5.10 Å². The monoisotopic (exact) mass is 408 g/mol. The van der Waals surface area contributed by atoms with Crippen LogP contribution in [0.1, 0.15) is 35.8 Å². The molecule has 0 aliphatic carbocycles. The third kappa shape index (κ3) is 4.04. The summed E-state index contributed by atoms with van der Waals surface area (Å²) in [7, 11) is 0. The molecule has 0 atom stereocenters. The standard InChI is InChI=1S/C19H15Cl3N2O2/c1-11(2)17-10-18(26-19(25)12-4-3-5-13(20)8-12)24(23-17)14-6-7-15(21)16(22)9-14/h3-11H,1-2H3. The first-order valence-electron chi connectivity index (χ1n) is 7.88. The lowest BCUT2D eigenvalue weighted by molar-refractivity contribution is 0.0723. The third-order valence-electron chi connectivity index (χ3n) is 3.69. The second kappa shape index (κ2) is 7.70. The first-order valence-corrected chi connectivity index (χ1v) is 9.01. The number of hydrogen-bond acceptors (Lipinski definition) is 3. The van der Waals surface area contributed by atoms with Gasteiger partial charge in [-0.05, 0) is 42.3 Å². The fourth-order valence-corrected chi connectivity index (χ4v) is 2.79. The number of halogens is 3. The molecule has 7 heteroatoms. The number of rotatable bonds is 4. The van der Waals surface area contributed by atoms with E-state index in [1.54, 1.807) is 48.5 Å². The number of carbonyl (C=O) groups is 1. The van der Waals surface area contributed by atoms with Crippen molar-refractivity contribution in [3.05, 3.63) is 74.9 Å². The minimum Gasteiger partial charge on any atom is -0.404 e. The zero-order valence-corrected chi connectivity index (χ0v) is 16.3. The van der Waals surface area contributed by atoms with E-state index in [0.29, 0.717) is 26.3 Å². The zero-order chi connectivity index (χ0) is 18.8. The highest BCUT2D eigenvalue weighted by atomic mass is 35.5. The third-order valence-corrected chi connectivity index (χ3v) is 4.67. The van der Waals surface area contributed by atoms with Gasteiger partial charge in [-0.3, -0.25) is 0 Å². The quantitative estimate of drug-likeness (QED) is 0.484. The van der Waals surface area contributed by atoms with Gasteiger partial charge >= 0.3 is 5.97 Å². The molecule has 1 aromatic heterocycles. The largest absolute Gasteiger partial charge is 0.404 e. The van der Waals surface area contributed by atoms with Crippen LogP contribution in [0.15, 0.2) is 48.5 Å². The Labute approximate surface area is 166 Å². The highest BCUT2D eigenvalue weighted by Gasteiger charge is 2.18. The number of esters is 1. The molecule has 0 spiro atoms. The molecule has 0 amide bonds. The second-order valence-electron chi connectivity index (χ2n) is 5.97. The Kier molecular flexibility index (Phi) is 5.56. The SMILES string of the molecule is CC(C)c1cc(OC(=O)c2cccc(Cl)c2)n(-c2ccc(Cl)c(Cl)c2)n1. The summed E-state index contributed by atoms with van der Waals surface area (Å²) in [5.74, 6) is -0.0799. The summed E-state index contributed by atoms with van der Waals surface area (Å²) < 4.78 is 7.10. The van der Waals surface area contributed by atoms with E-state index in [4.69, 9.17) is 39.5 Å². The van der Waals surface area contributed by atoms with Crippen molar-refractivity contribution in [2.24, 2.45) is 0 Å². The molecule has 0 fully saturated rings. The van der Waals surface area contributed by atoms with Gasteiger partial charge in [0.25, 0.3) is 0 Å². The molecule has 0 aliphatic rings. The fraction of sp³-hybridized carbons (Fsp3) is 0.158.